The van der Waals surface area contributed by atoms with E-state index >= 15 is 0 Å². The molecule has 8 heteroatoms. The van der Waals surface area contributed by atoms with Crippen molar-refractivity contribution in [3.63, 3.8) is 0 Å². The molecule has 2 aromatic carbocycles. The van der Waals surface area contributed by atoms with Crippen LogP contribution in [0.4, 0.5) is 10.1 Å². The average Bonchev–Trinajstić information content (AvgIpc) is 2.53. The zero-order chi connectivity index (χ0) is 17.9. The molecule has 0 heterocycles. The summed E-state index contributed by atoms with van der Waals surface area (Å²) in [6.45, 7) is 2.83. The van der Waals surface area contributed by atoms with Gasteiger partial charge in [0.05, 0.1) is 10.9 Å². The van der Waals surface area contributed by atoms with Crippen LogP contribution in [0.15, 0.2) is 53.4 Å². The van der Waals surface area contributed by atoms with Gasteiger partial charge in [-0.3, -0.25) is 14.7 Å². The summed E-state index contributed by atoms with van der Waals surface area (Å²) in [6.07, 6.45) is 0. The molecular formula is C16H17FN2O4S. The van der Waals surface area contributed by atoms with Gasteiger partial charge in [-0.2, -0.15) is 0 Å². The second-order valence-corrected chi connectivity index (χ2v) is 6.91. The number of hydrogen-bond donors (Lipinski definition) is 2. The molecule has 0 aliphatic heterocycles. The van der Waals surface area contributed by atoms with Gasteiger partial charge in [0.2, 0.25) is 5.91 Å². The molecule has 0 saturated carbocycles. The Balaban J connectivity index is 2.26. The highest BCUT2D eigenvalue weighted by Crippen LogP contribution is 2.23. The molecule has 24 heavy (non-hydrogen) atoms. The lowest BCUT2D eigenvalue weighted by Gasteiger charge is -2.22. The van der Waals surface area contributed by atoms with Crippen molar-refractivity contribution in [2.75, 3.05) is 4.72 Å². The Labute approximate surface area is 139 Å². The predicted octanol–water partition coefficient (Wildman–Crippen LogP) is 2.93. The van der Waals surface area contributed by atoms with Gasteiger partial charge in [-0.15, -0.1) is 0 Å². The zero-order valence-corrected chi connectivity index (χ0v) is 13.9. The lowest BCUT2D eigenvalue weighted by atomic mass is 10.1. The van der Waals surface area contributed by atoms with Crippen molar-refractivity contribution in [2.45, 2.75) is 24.8 Å². The Hall–Kier alpha value is -2.45. The lowest BCUT2D eigenvalue weighted by molar-refractivity contribution is -0.172. The molecule has 0 aliphatic carbocycles. The van der Waals surface area contributed by atoms with Crippen molar-refractivity contribution >= 4 is 21.6 Å². The second-order valence-electron chi connectivity index (χ2n) is 5.22. The molecule has 0 radical (unpaired) electrons. The fourth-order valence-electron chi connectivity index (χ4n) is 2.10. The maximum Gasteiger partial charge on any atom is 0.261 e. The van der Waals surface area contributed by atoms with E-state index in [-0.39, 0.29) is 10.6 Å². The first kappa shape index (κ1) is 17.9. The van der Waals surface area contributed by atoms with Crippen LogP contribution in [-0.2, 0) is 14.8 Å². The van der Waals surface area contributed by atoms with Crippen LogP contribution in [0.1, 0.15) is 25.5 Å². The zero-order valence-electron chi connectivity index (χ0n) is 13.1. The fraction of sp³-hybridized carbons (Fsp3) is 0.188. The van der Waals surface area contributed by atoms with E-state index in [9.17, 15) is 22.8 Å². The molecule has 0 bridgehead atoms. The van der Waals surface area contributed by atoms with Crippen LogP contribution in [0.5, 0.6) is 0 Å². The van der Waals surface area contributed by atoms with E-state index in [1.54, 1.807) is 19.1 Å². The van der Waals surface area contributed by atoms with E-state index in [0.29, 0.717) is 10.6 Å². The first-order valence-electron chi connectivity index (χ1n) is 7.08. The molecule has 1 atom stereocenters. The summed E-state index contributed by atoms with van der Waals surface area (Å²) in [4.78, 5) is 11.1. The number of anilines is 1. The number of benzene rings is 2. The minimum Gasteiger partial charge on any atom is -0.285 e. The molecule has 0 spiro atoms. The lowest BCUT2D eigenvalue weighted by Crippen LogP contribution is -2.27. The molecule has 1 amide bonds. The SMILES string of the molecule is CC(=O)N(O)C(C)c1cccc(NS(=O)(=O)c2ccc(F)cc2)c1. The minimum atomic E-state index is -3.87. The van der Waals surface area contributed by atoms with E-state index in [2.05, 4.69) is 4.72 Å². The third-order valence-corrected chi connectivity index (χ3v) is 4.83. The molecule has 6 nitrogen and oxygen atoms in total. The quantitative estimate of drug-likeness (QED) is 0.640. The Kier molecular flexibility index (Phi) is 5.20. The largest absolute Gasteiger partial charge is 0.285 e. The smallest absolute Gasteiger partial charge is 0.261 e. The van der Waals surface area contributed by atoms with Crippen LogP contribution in [0.2, 0.25) is 0 Å². The van der Waals surface area contributed by atoms with Gasteiger partial charge in [-0.25, -0.2) is 17.9 Å². The third-order valence-electron chi connectivity index (χ3n) is 3.43. The number of carbonyl (C=O) groups is 1. The molecule has 2 rings (SSSR count). The van der Waals surface area contributed by atoms with E-state index in [4.69, 9.17) is 0 Å². The number of sulfonamides is 1. The summed E-state index contributed by atoms with van der Waals surface area (Å²) in [6, 6.07) is 10.1. The minimum absolute atomic E-state index is 0.0742. The highest BCUT2D eigenvalue weighted by molar-refractivity contribution is 7.92. The van der Waals surface area contributed by atoms with Gasteiger partial charge in [-0.1, -0.05) is 12.1 Å². The van der Waals surface area contributed by atoms with Gasteiger partial charge in [0, 0.05) is 12.6 Å². The molecule has 1 unspecified atom stereocenters. The molecule has 0 aliphatic rings. The number of carbonyl (C=O) groups excluding carboxylic acids is 1. The summed E-state index contributed by atoms with van der Waals surface area (Å²) in [7, 11) is -3.87. The van der Waals surface area contributed by atoms with Gasteiger partial charge < -0.3 is 0 Å². The highest BCUT2D eigenvalue weighted by atomic mass is 32.2. The first-order valence-corrected chi connectivity index (χ1v) is 8.56. The second kappa shape index (κ2) is 6.98. The number of hydrogen-bond acceptors (Lipinski definition) is 4. The van der Waals surface area contributed by atoms with Crippen LogP contribution in [0.25, 0.3) is 0 Å². The first-order chi connectivity index (χ1) is 11.2. The van der Waals surface area contributed by atoms with Crippen molar-refractivity contribution in [1.29, 1.82) is 0 Å². The van der Waals surface area contributed by atoms with Crippen LogP contribution >= 0.6 is 0 Å². The van der Waals surface area contributed by atoms with E-state index in [1.165, 1.54) is 19.1 Å². The van der Waals surface area contributed by atoms with Crippen molar-refractivity contribution in [2.24, 2.45) is 0 Å². The maximum atomic E-state index is 12.9. The van der Waals surface area contributed by atoms with Crippen molar-refractivity contribution < 1.29 is 22.8 Å². The third kappa shape index (κ3) is 4.09. The van der Waals surface area contributed by atoms with Crippen molar-refractivity contribution in [3.8, 4) is 0 Å². The topological polar surface area (TPSA) is 86.7 Å². The summed E-state index contributed by atoms with van der Waals surface area (Å²) < 4.78 is 39.9. The molecule has 0 aromatic heterocycles. The number of nitrogens with one attached hydrogen (secondary N) is 1. The summed E-state index contributed by atoms with van der Waals surface area (Å²) in [5.74, 6) is -1.06. The number of halogens is 1. The Morgan fingerprint density at radius 1 is 1.21 bits per heavy atom. The number of hydroxylamine groups is 2. The van der Waals surface area contributed by atoms with Gasteiger partial charge >= 0.3 is 0 Å². The molecule has 0 saturated heterocycles. The summed E-state index contributed by atoms with van der Waals surface area (Å²) in [5.41, 5.74) is 0.813. The Morgan fingerprint density at radius 3 is 2.42 bits per heavy atom. The van der Waals surface area contributed by atoms with Crippen molar-refractivity contribution in [1.82, 2.24) is 5.06 Å². The molecule has 128 valence electrons. The number of amides is 1. The van der Waals surface area contributed by atoms with Gasteiger partial charge in [0.15, 0.2) is 0 Å². The summed E-state index contributed by atoms with van der Waals surface area (Å²) in [5, 5.41) is 10.2. The maximum absolute atomic E-state index is 12.9. The average molecular weight is 352 g/mol. The van der Waals surface area contributed by atoms with Crippen LogP contribution in [-0.4, -0.2) is 24.6 Å². The molecule has 2 aromatic rings. The monoisotopic (exact) mass is 352 g/mol. The highest BCUT2D eigenvalue weighted by Gasteiger charge is 2.18. The van der Waals surface area contributed by atoms with Crippen LogP contribution in [0.3, 0.4) is 0 Å². The number of rotatable bonds is 5. The van der Waals surface area contributed by atoms with Gasteiger partial charge in [0.25, 0.3) is 10.0 Å². The van der Waals surface area contributed by atoms with Gasteiger partial charge in [0.1, 0.15) is 5.82 Å². The molecule has 2 N–H and O–H groups in total. The summed E-state index contributed by atoms with van der Waals surface area (Å²) >= 11 is 0. The van der Waals surface area contributed by atoms with E-state index < -0.39 is 27.8 Å². The molecular weight excluding hydrogens is 335 g/mol. The normalized spacial score (nSPS) is 12.5. The Bertz CT molecular complexity index is 837. The fourth-order valence-corrected chi connectivity index (χ4v) is 3.15. The van der Waals surface area contributed by atoms with Crippen LogP contribution < -0.4 is 4.72 Å². The van der Waals surface area contributed by atoms with Gasteiger partial charge in [-0.05, 0) is 48.9 Å². The molecule has 0 fully saturated rings. The standard InChI is InChI=1S/C16H17FN2O4S/c1-11(19(21)12(2)20)13-4-3-5-15(10-13)18-24(22,23)16-8-6-14(17)7-9-16/h3-11,18,21H,1-2H3. The van der Waals surface area contributed by atoms with E-state index in [0.717, 1.165) is 24.3 Å². The van der Waals surface area contributed by atoms with Crippen molar-refractivity contribution in [3.05, 3.63) is 59.9 Å². The van der Waals surface area contributed by atoms with E-state index in [1.807, 2.05) is 0 Å². The Morgan fingerprint density at radius 2 is 1.83 bits per heavy atom. The number of nitrogens with zero attached hydrogens (tertiary/aromatic N) is 1. The van der Waals surface area contributed by atoms with Crippen LogP contribution in [0, 0.1) is 5.82 Å². The predicted molar refractivity (Wildman–Crippen MR) is 86.4 cm³/mol.